The maximum absolute atomic E-state index is 11.1. The van der Waals surface area contributed by atoms with Gasteiger partial charge < -0.3 is 9.57 Å². The van der Waals surface area contributed by atoms with Crippen LogP contribution >= 0.6 is 0 Å². The zero-order valence-corrected chi connectivity index (χ0v) is 8.73. The third-order valence-corrected chi connectivity index (χ3v) is 1.73. The van der Waals surface area contributed by atoms with Crippen molar-refractivity contribution >= 4 is 6.16 Å². The van der Waals surface area contributed by atoms with Crippen molar-refractivity contribution in [2.45, 2.75) is 19.8 Å². The van der Waals surface area contributed by atoms with E-state index in [9.17, 15) is 4.79 Å². The molecule has 0 aliphatic carbocycles. The van der Waals surface area contributed by atoms with Crippen molar-refractivity contribution < 1.29 is 14.4 Å². The lowest BCUT2D eigenvalue weighted by atomic mass is 10.3. The zero-order valence-electron chi connectivity index (χ0n) is 8.73. The molecule has 0 atom stereocenters. The third kappa shape index (κ3) is 5.02. The first-order valence-electron chi connectivity index (χ1n) is 4.99. The van der Waals surface area contributed by atoms with Crippen LogP contribution in [-0.2, 0) is 4.84 Å². The minimum absolute atomic E-state index is 0.472. The highest BCUT2D eigenvalue weighted by atomic mass is 16.8. The number of hydrogen-bond donors (Lipinski definition) is 1. The van der Waals surface area contributed by atoms with Crippen LogP contribution in [0.1, 0.15) is 19.8 Å². The Hall–Kier alpha value is -1.55. The summed E-state index contributed by atoms with van der Waals surface area (Å²) in [5.74, 6) is 0.472. The van der Waals surface area contributed by atoms with Crippen molar-refractivity contribution in [3.05, 3.63) is 30.3 Å². The Morgan fingerprint density at radius 1 is 1.33 bits per heavy atom. The quantitative estimate of drug-likeness (QED) is 0.350. The van der Waals surface area contributed by atoms with Gasteiger partial charge in [-0.15, -0.1) is 5.48 Å². The monoisotopic (exact) mass is 209 g/mol. The van der Waals surface area contributed by atoms with Gasteiger partial charge in [-0.2, -0.15) is 0 Å². The molecule has 0 aromatic heterocycles. The molecule has 0 unspecified atom stereocenters. The molecule has 0 spiro atoms. The number of hydrogen-bond acceptors (Lipinski definition) is 4. The van der Waals surface area contributed by atoms with Crippen molar-refractivity contribution in [3.8, 4) is 5.75 Å². The standard InChI is InChI=1S/C11H15NO3/c1-2-3-9-12-15-11(13)14-10-7-5-4-6-8-10/h4-8,12H,2-3,9H2,1H3. The van der Waals surface area contributed by atoms with Gasteiger partial charge in [0.2, 0.25) is 0 Å². The molecule has 0 aliphatic heterocycles. The highest BCUT2D eigenvalue weighted by Gasteiger charge is 2.04. The molecule has 15 heavy (non-hydrogen) atoms. The SMILES string of the molecule is CCCCNOC(=O)Oc1ccccc1. The van der Waals surface area contributed by atoms with Gasteiger partial charge in [0.25, 0.3) is 0 Å². The minimum Gasteiger partial charge on any atom is -0.394 e. The van der Waals surface area contributed by atoms with Crippen LogP contribution in [0, 0.1) is 0 Å². The maximum Gasteiger partial charge on any atom is 0.533 e. The molecule has 0 radical (unpaired) electrons. The Bertz CT molecular complexity index is 287. The fraction of sp³-hybridized carbons (Fsp3) is 0.364. The van der Waals surface area contributed by atoms with Gasteiger partial charge >= 0.3 is 6.16 Å². The Kier molecular flexibility index (Phi) is 5.25. The number of para-hydroxylation sites is 1. The lowest BCUT2D eigenvalue weighted by Gasteiger charge is -2.05. The molecule has 1 rings (SSSR count). The first-order chi connectivity index (χ1) is 7.33. The van der Waals surface area contributed by atoms with Crippen LogP contribution in [0.5, 0.6) is 5.75 Å². The van der Waals surface area contributed by atoms with Gasteiger partial charge in [-0.25, -0.2) is 4.79 Å². The van der Waals surface area contributed by atoms with Gasteiger partial charge in [0.05, 0.1) is 0 Å². The minimum atomic E-state index is -0.739. The van der Waals surface area contributed by atoms with Crippen molar-refractivity contribution in [3.63, 3.8) is 0 Å². The largest absolute Gasteiger partial charge is 0.533 e. The van der Waals surface area contributed by atoms with E-state index in [-0.39, 0.29) is 0 Å². The second-order valence-electron chi connectivity index (χ2n) is 3.02. The highest BCUT2D eigenvalue weighted by molar-refractivity contribution is 5.63. The number of ether oxygens (including phenoxy) is 1. The second kappa shape index (κ2) is 6.84. The van der Waals surface area contributed by atoms with E-state index >= 15 is 0 Å². The summed E-state index contributed by atoms with van der Waals surface area (Å²) < 4.78 is 4.87. The lowest BCUT2D eigenvalue weighted by molar-refractivity contribution is 0.0503. The molecule has 0 amide bonds. The third-order valence-electron chi connectivity index (χ3n) is 1.73. The van der Waals surface area contributed by atoms with Gasteiger partial charge in [-0.1, -0.05) is 31.5 Å². The summed E-state index contributed by atoms with van der Waals surface area (Å²) in [5.41, 5.74) is 2.53. The summed E-state index contributed by atoms with van der Waals surface area (Å²) in [6.45, 7) is 2.70. The molecule has 4 nitrogen and oxygen atoms in total. The number of benzene rings is 1. The van der Waals surface area contributed by atoms with Crippen LogP contribution in [0.2, 0.25) is 0 Å². The fourth-order valence-corrected chi connectivity index (χ4v) is 0.964. The van der Waals surface area contributed by atoms with Crippen LogP contribution in [0.3, 0.4) is 0 Å². The maximum atomic E-state index is 11.1. The van der Waals surface area contributed by atoms with Crippen molar-refractivity contribution in [1.82, 2.24) is 5.48 Å². The Morgan fingerprint density at radius 2 is 2.07 bits per heavy atom. The van der Waals surface area contributed by atoms with Gasteiger partial charge in [0, 0.05) is 6.54 Å². The zero-order chi connectivity index (χ0) is 10.9. The number of carbonyl (C=O) groups excluding carboxylic acids is 1. The van der Waals surface area contributed by atoms with Crippen molar-refractivity contribution in [2.24, 2.45) is 0 Å². The predicted octanol–water partition coefficient (Wildman–Crippen LogP) is 2.51. The molecule has 0 saturated carbocycles. The molecule has 4 heteroatoms. The topological polar surface area (TPSA) is 47.6 Å². The summed E-state index contributed by atoms with van der Waals surface area (Å²) in [5, 5.41) is 0. The highest BCUT2D eigenvalue weighted by Crippen LogP contribution is 2.08. The van der Waals surface area contributed by atoms with E-state index < -0.39 is 6.16 Å². The summed E-state index contributed by atoms with van der Waals surface area (Å²) in [4.78, 5) is 15.7. The van der Waals surface area contributed by atoms with E-state index in [1.807, 2.05) is 6.07 Å². The van der Waals surface area contributed by atoms with Gasteiger partial charge in [-0.05, 0) is 18.6 Å². The van der Waals surface area contributed by atoms with Crippen molar-refractivity contribution in [2.75, 3.05) is 6.54 Å². The molecule has 1 aromatic carbocycles. The summed E-state index contributed by atoms with van der Waals surface area (Å²) >= 11 is 0. The van der Waals surface area contributed by atoms with Crippen molar-refractivity contribution in [1.29, 1.82) is 0 Å². The second-order valence-corrected chi connectivity index (χ2v) is 3.02. The Balaban J connectivity index is 2.19. The summed E-state index contributed by atoms with van der Waals surface area (Å²) in [6, 6.07) is 8.79. The molecular weight excluding hydrogens is 194 g/mol. The van der Waals surface area contributed by atoms with E-state index in [2.05, 4.69) is 17.2 Å². The molecular formula is C11H15NO3. The Labute approximate surface area is 89.1 Å². The van der Waals surface area contributed by atoms with Gasteiger partial charge in [-0.3, -0.25) is 0 Å². The average Bonchev–Trinajstić information content (AvgIpc) is 2.26. The first-order valence-corrected chi connectivity index (χ1v) is 4.99. The van der Waals surface area contributed by atoms with Crippen LogP contribution in [0.15, 0.2) is 30.3 Å². The van der Waals surface area contributed by atoms with E-state index in [1.165, 1.54) is 0 Å². The molecule has 82 valence electrons. The number of rotatable bonds is 5. The summed E-state index contributed by atoms with van der Waals surface area (Å²) in [6.07, 6.45) is 1.26. The van der Waals surface area contributed by atoms with Crippen LogP contribution in [0.25, 0.3) is 0 Å². The Morgan fingerprint density at radius 3 is 2.73 bits per heavy atom. The van der Waals surface area contributed by atoms with E-state index in [4.69, 9.17) is 4.74 Å². The van der Waals surface area contributed by atoms with E-state index in [1.54, 1.807) is 24.3 Å². The van der Waals surface area contributed by atoms with Crippen LogP contribution in [-0.4, -0.2) is 12.7 Å². The van der Waals surface area contributed by atoms with E-state index in [0.29, 0.717) is 12.3 Å². The molecule has 1 N–H and O–H groups in total. The first kappa shape index (κ1) is 11.5. The van der Waals surface area contributed by atoms with Gasteiger partial charge in [0.1, 0.15) is 5.75 Å². The van der Waals surface area contributed by atoms with E-state index in [0.717, 1.165) is 12.8 Å². The molecule has 0 heterocycles. The normalized spacial score (nSPS) is 9.67. The average molecular weight is 209 g/mol. The summed E-state index contributed by atoms with van der Waals surface area (Å²) in [7, 11) is 0. The smallest absolute Gasteiger partial charge is 0.394 e. The number of unbranched alkanes of at least 4 members (excludes halogenated alkanes) is 1. The number of nitrogens with one attached hydrogen (secondary N) is 1. The lowest BCUT2D eigenvalue weighted by Crippen LogP contribution is -2.23. The molecule has 0 bridgehead atoms. The van der Waals surface area contributed by atoms with Crippen LogP contribution < -0.4 is 10.2 Å². The molecule has 1 aromatic rings. The molecule has 0 fully saturated rings. The number of hydroxylamine groups is 1. The predicted molar refractivity (Wildman–Crippen MR) is 56.5 cm³/mol. The molecule has 0 saturated heterocycles. The van der Waals surface area contributed by atoms with Crippen LogP contribution in [0.4, 0.5) is 4.79 Å². The molecule has 0 aliphatic rings. The number of carbonyl (C=O) groups is 1. The fourth-order valence-electron chi connectivity index (χ4n) is 0.964. The van der Waals surface area contributed by atoms with Gasteiger partial charge in [0.15, 0.2) is 0 Å².